The molecule has 0 aliphatic carbocycles. The third-order valence-corrected chi connectivity index (χ3v) is 3.86. The molecule has 20 heavy (non-hydrogen) atoms. The normalized spacial score (nSPS) is 21.8. The maximum atomic E-state index is 12.1. The van der Waals surface area contributed by atoms with Gasteiger partial charge in [-0.15, -0.1) is 0 Å². The summed E-state index contributed by atoms with van der Waals surface area (Å²) in [6, 6.07) is 7.49. The number of urea groups is 1. The molecule has 108 valence electrons. The standard InChI is InChI=1S/C15H20N2O3/c1-10-4-3-5-12(8-10)9-16-15(20)17-7-6-13(11(17)2)14(18)19/h3-5,8,11,13H,6-7,9H2,1-2H3,(H,16,20)(H,18,19). The van der Waals surface area contributed by atoms with E-state index in [4.69, 9.17) is 5.11 Å². The molecule has 1 saturated heterocycles. The van der Waals surface area contributed by atoms with Crippen molar-refractivity contribution < 1.29 is 14.7 Å². The number of hydrogen-bond acceptors (Lipinski definition) is 2. The lowest BCUT2D eigenvalue weighted by molar-refractivity contribution is -0.142. The first-order chi connectivity index (χ1) is 9.49. The fourth-order valence-corrected chi connectivity index (χ4v) is 2.66. The molecule has 1 aromatic rings. The minimum atomic E-state index is -0.827. The van der Waals surface area contributed by atoms with E-state index in [2.05, 4.69) is 5.32 Å². The molecule has 2 rings (SSSR count). The van der Waals surface area contributed by atoms with Crippen LogP contribution >= 0.6 is 0 Å². The molecular formula is C15H20N2O3. The average molecular weight is 276 g/mol. The second-order valence-corrected chi connectivity index (χ2v) is 5.32. The van der Waals surface area contributed by atoms with Crippen LogP contribution in [0.1, 0.15) is 24.5 Å². The van der Waals surface area contributed by atoms with E-state index in [1.807, 2.05) is 31.2 Å². The Bertz CT molecular complexity index is 516. The SMILES string of the molecule is Cc1cccc(CNC(=O)N2CCC(C(=O)O)C2C)c1. The van der Waals surface area contributed by atoms with Crippen LogP contribution in [0.25, 0.3) is 0 Å². The summed E-state index contributed by atoms with van der Waals surface area (Å²) in [6.45, 7) is 4.75. The van der Waals surface area contributed by atoms with E-state index >= 15 is 0 Å². The number of carbonyl (C=O) groups is 2. The van der Waals surface area contributed by atoms with Gasteiger partial charge in [0.2, 0.25) is 0 Å². The van der Waals surface area contributed by atoms with E-state index in [1.54, 1.807) is 11.8 Å². The van der Waals surface area contributed by atoms with Crippen LogP contribution < -0.4 is 5.32 Å². The van der Waals surface area contributed by atoms with Gasteiger partial charge in [-0.1, -0.05) is 29.8 Å². The van der Waals surface area contributed by atoms with Gasteiger partial charge in [0.15, 0.2) is 0 Å². The van der Waals surface area contributed by atoms with Crippen LogP contribution in [0.4, 0.5) is 4.79 Å². The maximum Gasteiger partial charge on any atom is 0.317 e. The molecule has 0 spiro atoms. The van der Waals surface area contributed by atoms with Crippen molar-refractivity contribution >= 4 is 12.0 Å². The largest absolute Gasteiger partial charge is 0.481 e. The first-order valence-corrected chi connectivity index (χ1v) is 6.82. The number of carbonyl (C=O) groups excluding carboxylic acids is 1. The van der Waals surface area contributed by atoms with Gasteiger partial charge in [-0.05, 0) is 25.8 Å². The Morgan fingerprint density at radius 1 is 1.45 bits per heavy atom. The van der Waals surface area contributed by atoms with Gasteiger partial charge in [0.25, 0.3) is 0 Å². The van der Waals surface area contributed by atoms with Gasteiger partial charge in [-0.25, -0.2) is 4.79 Å². The van der Waals surface area contributed by atoms with Crippen molar-refractivity contribution in [3.05, 3.63) is 35.4 Å². The van der Waals surface area contributed by atoms with E-state index in [1.165, 1.54) is 0 Å². The number of amides is 2. The lowest BCUT2D eigenvalue weighted by Crippen LogP contribution is -2.43. The van der Waals surface area contributed by atoms with Crippen LogP contribution in [0.2, 0.25) is 0 Å². The highest BCUT2D eigenvalue weighted by molar-refractivity contribution is 5.78. The molecule has 5 heteroatoms. The Labute approximate surface area is 118 Å². The van der Waals surface area contributed by atoms with E-state index in [-0.39, 0.29) is 12.1 Å². The number of carboxylic acid groups (broad SMARTS) is 1. The zero-order valence-corrected chi connectivity index (χ0v) is 11.8. The molecule has 5 nitrogen and oxygen atoms in total. The minimum Gasteiger partial charge on any atom is -0.481 e. The number of carboxylic acids is 1. The van der Waals surface area contributed by atoms with Crippen molar-refractivity contribution in [1.29, 1.82) is 0 Å². The van der Waals surface area contributed by atoms with Gasteiger partial charge in [-0.2, -0.15) is 0 Å². The Morgan fingerprint density at radius 3 is 2.80 bits per heavy atom. The predicted molar refractivity (Wildman–Crippen MR) is 75.3 cm³/mol. The highest BCUT2D eigenvalue weighted by Gasteiger charge is 2.37. The van der Waals surface area contributed by atoms with Crippen molar-refractivity contribution in [3.63, 3.8) is 0 Å². The Kier molecular flexibility index (Phi) is 4.27. The molecule has 1 fully saturated rings. The highest BCUT2D eigenvalue weighted by atomic mass is 16.4. The van der Waals surface area contributed by atoms with Gasteiger partial charge >= 0.3 is 12.0 Å². The second-order valence-electron chi connectivity index (χ2n) is 5.32. The molecule has 0 radical (unpaired) electrons. The molecule has 2 N–H and O–H groups in total. The maximum absolute atomic E-state index is 12.1. The second kappa shape index (κ2) is 5.94. The fraction of sp³-hybridized carbons (Fsp3) is 0.467. The Balaban J connectivity index is 1.91. The van der Waals surface area contributed by atoms with Crippen LogP contribution in [0.5, 0.6) is 0 Å². The van der Waals surface area contributed by atoms with Crippen molar-refractivity contribution in [1.82, 2.24) is 10.2 Å². The summed E-state index contributed by atoms with van der Waals surface area (Å²) in [5, 5.41) is 11.9. The van der Waals surface area contributed by atoms with Crippen LogP contribution in [-0.2, 0) is 11.3 Å². The van der Waals surface area contributed by atoms with E-state index in [0.29, 0.717) is 19.5 Å². The number of benzene rings is 1. The number of nitrogens with one attached hydrogen (secondary N) is 1. The number of hydrogen-bond donors (Lipinski definition) is 2. The van der Waals surface area contributed by atoms with Crippen LogP contribution in [0.15, 0.2) is 24.3 Å². The number of likely N-dealkylation sites (tertiary alicyclic amines) is 1. The van der Waals surface area contributed by atoms with Crippen molar-refractivity contribution in [2.24, 2.45) is 5.92 Å². The average Bonchev–Trinajstić information content (AvgIpc) is 2.78. The summed E-state index contributed by atoms with van der Waals surface area (Å²) in [7, 11) is 0. The molecule has 1 aliphatic heterocycles. The van der Waals surface area contributed by atoms with Crippen LogP contribution in [0.3, 0.4) is 0 Å². The third-order valence-electron chi connectivity index (χ3n) is 3.86. The Hall–Kier alpha value is -2.04. The first-order valence-electron chi connectivity index (χ1n) is 6.82. The van der Waals surface area contributed by atoms with Crippen LogP contribution in [-0.4, -0.2) is 34.6 Å². The number of aliphatic carboxylic acids is 1. The molecule has 0 saturated carbocycles. The third kappa shape index (κ3) is 3.10. The smallest absolute Gasteiger partial charge is 0.317 e. The monoisotopic (exact) mass is 276 g/mol. The lowest BCUT2D eigenvalue weighted by Gasteiger charge is -2.23. The van der Waals surface area contributed by atoms with E-state index < -0.39 is 11.9 Å². The van der Waals surface area contributed by atoms with Crippen molar-refractivity contribution in [3.8, 4) is 0 Å². The van der Waals surface area contributed by atoms with Crippen LogP contribution in [0, 0.1) is 12.8 Å². The summed E-state index contributed by atoms with van der Waals surface area (Å²) in [5.74, 6) is -1.29. The number of aryl methyl sites for hydroxylation is 1. The topological polar surface area (TPSA) is 69.6 Å². The molecule has 0 bridgehead atoms. The van der Waals surface area contributed by atoms with Crippen molar-refractivity contribution in [2.45, 2.75) is 32.9 Å². The molecule has 1 aliphatic rings. The molecule has 2 unspecified atom stereocenters. The van der Waals surface area contributed by atoms with Gasteiger partial charge in [-0.3, -0.25) is 4.79 Å². The molecule has 2 amide bonds. The summed E-state index contributed by atoms with van der Waals surface area (Å²) in [6.07, 6.45) is 0.522. The first kappa shape index (κ1) is 14.4. The van der Waals surface area contributed by atoms with Gasteiger partial charge in [0.05, 0.1) is 5.92 Å². The molecular weight excluding hydrogens is 256 g/mol. The molecule has 1 aromatic carbocycles. The fourth-order valence-electron chi connectivity index (χ4n) is 2.66. The minimum absolute atomic E-state index is 0.192. The van der Waals surface area contributed by atoms with Gasteiger partial charge in [0, 0.05) is 19.1 Å². The molecule has 1 heterocycles. The zero-order chi connectivity index (χ0) is 14.7. The summed E-state index contributed by atoms with van der Waals surface area (Å²) < 4.78 is 0. The predicted octanol–water partition coefficient (Wildman–Crippen LogP) is 2.00. The zero-order valence-electron chi connectivity index (χ0n) is 11.8. The van der Waals surface area contributed by atoms with E-state index in [0.717, 1.165) is 11.1 Å². The highest BCUT2D eigenvalue weighted by Crippen LogP contribution is 2.24. The lowest BCUT2D eigenvalue weighted by atomic mass is 10.0. The van der Waals surface area contributed by atoms with Gasteiger partial charge in [0.1, 0.15) is 0 Å². The number of nitrogens with zero attached hydrogens (tertiary/aromatic N) is 1. The molecule has 0 aromatic heterocycles. The Morgan fingerprint density at radius 2 is 2.20 bits per heavy atom. The van der Waals surface area contributed by atoms with E-state index in [9.17, 15) is 9.59 Å². The summed E-state index contributed by atoms with van der Waals surface area (Å²) in [4.78, 5) is 24.7. The van der Waals surface area contributed by atoms with Gasteiger partial charge < -0.3 is 15.3 Å². The number of rotatable bonds is 3. The summed E-state index contributed by atoms with van der Waals surface area (Å²) >= 11 is 0. The van der Waals surface area contributed by atoms with Crippen molar-refractivity contribution in [2.75, 3.05) is 6.54 Å². The quantitative estimate of drug-likeness (QED) is 0.887. The summed E-state index contributed by atoms with van der Waals surface area (Å²) in [5.41, 5.74) is 2.19. The molecule has 2 atom stereocenters.